The summed E-state index contributed by atoms with van der Waals surface area (Å²) >= 11 is 8.37. The molecule has 0 fully saturated rings. The van der Waals surface area contributed by atoms with E-state index in [4.69, 9.17) is 16.5 Å². The lowest BCUT2D eigenvalue weighted by atomic mass is 10.2. The Bertz CT molecular complexity index is 914. The molecule has 0 aliphatic heterocycles. The first-order valence-corrected chi connectivity index (χ1v) is 9.69. The summed E-state index contributed by atoms with van der Waals surface area (Å²) in [5.41, 5.74) is 0.842. The van der Waals surface area contributed by atoms with E-state index in [1.807, 2.05) is 37.3 Å². The summed E-state index contributed by atoms with van der Waals surface area (Å²) in [4.78, 5) is 25.7. The molecule has 0 unspecified atom stereocenters. The molecule has 130 valence electrons. The van der Waals surface area contributed by atoms with Gasteiger partial charge in [-0.3, -0.25) is 4.79 Å². The van der Waals surface area contributed by atoms with Crippen molar-refractivity contribution in [3.63, 3.8) is 0 Å². The summed E-state index contributed by atoms with van der Waals surface area (Å²) in [7, 11) is 1.62. The summed E-state index contributed by atoms with van der Waals surface area (Å²) in [6.45, 7) is 2.39. The number of nitrogens with zero attached hydrogens (tertiary/aromatic N) is 2. The third kappa shape index (κ3) is 4.30. The first-order valence-electron chi connectivity index (χ1n) is 7.51. The van der Waals surface area contributed by atoms with E-state index in [0.29, 0.717) is 18.1 Å². The second kappa shape index (κ2) is 8.14. The molecule has 0 aliphatic rings. The van der Waals surface area contributed by atoms with Crippen molar-refractivity contribution in [1.82, 2.24) is 14.8 Å². The van der Waals surface area contributed by atoms with Gasteiger partial charge in [0.2, 0.25) is 0 Å². The number of ketones is 1. The molecule has 0 saturated heterocycles. The van der Waals surface area contributed by atoms with Crippen molar-refractivity contribution in [1.29, 1.82) is 0 Å². The van der Waals surface area contributed by atoms with E-state index >= 15 is 0 Å². The number of ether oxygens (including phenoxy) is 1. The Hall–Kier alpha value is -1.67. The average Bonchev–Trinajstić information content (AvgIpc) is 3.08. The number of aryl methyl sites for hydroxylation is 1. The van der Waals surface area contributed by atoms with Crippen LogP contribution in [-0.4, -0.2) is 28.6 Å². The molecular weight excluding hydrogens is 378 g/mol. The Morgan fingerprint density at radius 3 is 2.92 bits per heavy atom. The number of carbonyl (C=O) groups excluding carboxylic acids is 1. The van der Waals surface area contributed by atoms with E-state index in [2.05, 4.69) is 14.8 Å². The van der Waals surface area contributed by atoms with Gasteiger partial charge in [-0.05, 0) is 49.0 Å². The molecule has 0 amide bonds. The number of aromatic nitrogens is 2. The van der Waals surface area contributed by atoms with Crippen molar-refractivity contribution < 1.29 is 9.53 Å². The Balaban J connectivity index is 1.80. The van der Waals surface area contributed by atoms with Crippen LogP contribution in [0, 0.1) is 6.92 Å². The van der Waals surface area contributed by atoms with Gasteiger partial charge in [-0.2, -0.15) is 0 Å². The number of nitrogens with one attached hydrogen (secondary N) is 1. The molecule has 2 aromatic heterocycles. The number of halogens is 1. The molecule has 3 rings (SSSR count). The zero-order chi connectivity index (χ0) is 17.8. The molecular formula is C17H16ClN3O2S2. The highest BCUT2D eigenvalue weighted by atomic mass is 35.5. The zero-order valence-electron chi connectivity index (χ0n) is 13.7. The van der Waals surface area contributed by atoms with Crippen LogP contribution in [0.5, 0.6) is 5.75 Å². The molecule has 0 bridgehead atoms. The van der Waals surface area contributed by atoms with Crippen molar-refractivity contribution in [3.05, 3.63) is 45.9 Å². The van der Waals surface area contributed by atoms with Crippen LogP contribution in [0.3, 0.4) is 0 Å². The topological polar surface area (TPSA) is 64.1 Å². The van der Waals surface area contributed by atoms with Gasteiger partial charge in [-0.25, -0.2) is 14.8 Å². The predicted octanol–water partition coefficient (Wildman–Crippen LogP) is 4.23. The van der Waals surface area contributed by atoms with Crippen LogP contribution in [0.1, 0.15) is 20.4 Å². The summed E-state index contributed by atoms with van der Waals surface area (Å²) in [6.07, 6.45) is 0. The third-order valence-electron chi connectivity index (χ3n) is 3.50. The average molecular weight is 394 g/mol. The first kappa shape index (κ1) is 18.1. The Morgan fingerprint density at radius 2 is 2.16 bits per heavy atom. The molecule has 25 heavy (non-hydrogen) atoms. The number of thioether (sulfide) groups is 1. The standard InChI is InChI=1S/C17H16ClN3O2S2/c1-10-20-14-5-3-11(23-2)7-13(14)17(21-10)24-9-15(22)16-6-4-12(25-16)8-19-18/h3-7,19H,8-9H2,1-2H3. The van der Waals surface area contributed by atoms with Gasteiger partial charge in [0.1, 0.15) is 16.6 Å². The van der Waals surface area contributed by atoms with Gasteiger partial charge in [0, 0.05) is 16.8 Å². The molecule has 1 aromatic carbocycles. The lowest BCUT2D eigenvalue weighted by Crippen LogP contribution is -2.01. The highest BCUT2D eigenvalue weighted by molar-refractivity contribution is 8.00. The van der Waals surface area contributed by atoms with Gasteiger partial charge in [-0.15, -0.1) is 11.3 Å². The van der Waals surface area contributed by atoms with Gasteiger partial charge in [0.05, 0.1) is 23.3 Å². The van der Waals surface area contributed by atoms with Crippen molar-refractivity contribution in [2.75, 3.05) is 12.9 Å². The molecule has 5 nitrogen and oxygen atoms in total. The number of rotatable bonds is 7. The zero-order valence-corrected chi connectivity index (χ0v) is 16.1. The summed E-state index contributed by atoms with van der Waals surface area (Å²) in [5, 5.41) is 1.68. The van der Waals surface area contributed by atoms with E-state index in [1.54, 1.807) is 7.11 Å². The van der Waals surface area contributed by atoms with Crippen molar-refractivity contribution in [3.8, 4) is 5.75 Å². The van der Waals surface area contributed by atoms with Gasteiger partial charge >= 0.3 is 0 Å². The number of fused-ring (bicyclic) bond motifs is 1. The molecule has 0 saturated carbocycles. The minimum Gasteiger partial charge on any atom is -0.497 e. The van der Waals surface area contributed by atoms with Crippen LogP contribution in [0.25, 0.3) is 10.9 Å². The van der Waals surface area contributed by atoms with Gasteiger partial charge in [-0.1, -0.05) is 11.8 Å². The molecule has 0 atom stereocenters. The van der Waals surface area contributed by atoms with Crippen LogP contribution < -0.4 is 9.57 Å². The maximum absolute atomic E-state index is 12.4. The van der Waals surface area contributed by atoms with E-state index in [9.17, 15) is 4.79 Å². The van der Waals surface area contributed by atoms with Crippen molar-refractivity contribution in [2.24, 2.45) is 0 Å². The normalized spacial score (nSPS) is 11.0. The number of Topliss-reactive ketones (excluding diaryl/α,β-unsaturated/α-hetero) is 1. The van der Waals surface area contributed by atoms with Gasteiger partial charge < -0.3 is 4.74 Å². The molecule has 0 spiro atoms. The molecule has 0 radical (unpaired) electrons. The van der Waals surface area contributed by atoms with E-state index in [-0.39, 0.29) is 5.78 Å². The summed E-state index contributed by atoms with van der Waals surface area (Å²) < 4.78 is 5.28. The van der Waals surface area contributed by atoms with Crippen LogP contribution in [-0.2, 0) is 6.54 Å². The fourth-order valence-corrected chi connectivity index (χ4v) is 4.46. The molecule has 0 aliphatic carbocycles. The fraction of sp³-hybridized carbons (Fsp3) is 0.235. The fourth-order valence-electron chi connectivity index (χ4n) is 2.32. The first-order chi connectivity index (χ1) is 12.1. The highest BCUT2D eigenvalue weighted by Gasteiger charge is 2.13. The smallest absolute Gasteiger partial charge is 0.183 e. The van der Waals surface area contributed by atoms with Crippen LogP contribution in [0.15, 0.2) is 35.4 Å². The number of hydrogen-bond acceptors (Lipinski definition) is 7. The minimum atomic E-state index is 0.0723. The van der Waals surface area contributed by atoms with Gasteiger partial charge in [0.25, 0.3) is 0 Å². The lowest BCUT2D eigenvalue weighted by Gasteiger charge is -2.08. The number of benzene rings is 1. The third-order valence-corrected chi connectivity index (χ3v) is 5.75. The van der Waals surface area contributed by atoms with Crippen molar-refractivity contribution in [2.45, 2.75) is 18.5 Å². The van der Waals surface area contributed by atoms with E-state index < -0.39 is 0 Å². The molecule has 2 heterocycles. The molecule has 3 aromatic rings. The SMILES string of the molecule is COc1ccc2nc(C)nc(SCC(=O)c3ccc(CNCl)s3)c2c1. The van der Waals surface area contributed by atoms with E-state index in [0.717, 1.165) is 31.4 Å². The second-order valence-electron chi connectivity index (χ2n) is 5.25. The maximum atomic E-state index is 12.4. The van der Waals surface area contributed by atoms with Crippen LogP contribution in [0.2, 0.25) is 0 Å². The van der Waals surface area contributed by atoms with Crippen LogP contribution >= 0.6 is 34.9 Å². The lowest BCUT2D eigenvalue weighted by molar-refractivity contribution is 0.102. The number of carbonyl (C=O) groups is 1. The number of thiophene rings is 1. The quantitative estimate of drug-likeness (QED) is 0.280. The van der Waals surface area contributed by atoms with Crippen LogP contribution in [0.4, 0.5) is 0 Å². The maximum Gasteiger partial charge on any atom is 0.183 e. The summed E-state index contributed by atoms with van der Waals surface area (Å²) in [6, 6.07) is 9.42. The molecule has 1 N–H and O–H groups in total. The summed E-state index contributed by atoms with van der Waals surface area (Å²) in [5.74, 6) is 1.81. The van der Waals surface area contributed by atoms with E-state index in [1.165, 1.54) is 23.1 Å². The highest BCUT2D eigenvalue weighted by Crippen LogP contribution is 2.29. The van der Waals surface area contributed by atoms with Gasteiger partial charge in [0.15, 0.2) is 5.78 Å². The predicted molar refractivity (Wildman–Crippen MR) is 103 cm³/mol. The molecule has 8 heteroatoms. The Morgan fingerprint density at radius 1 is 1.32 bits per heavy atom. The largest absolute Gasteiger partial charge is 0.497 e. The minimum absolute atomic E-state index is 0.0723. The number of methoxy groups -OCH3 is 1. The Kier molecular flexibility index (Phi) is 5.90. The monoisotopic (exact) mass is 393 g/mol. The number of hydrogen-bond donors (Lipinski definition) is 1. The Labute approximate surface area is 158 Å². The second-order valence-corrected chi connectivity index (χ2v) is 7.65. The van der Waals surface area contributed by atoms with Crippen molar-refractivity contribution >= 4 is 51.6 Å².